The van der Waals surface area contributed by atoms with Crippen LogP contribution < -0.4 is 9.80 Å². The van der Waals surface area contributed by atoms with Gasteiger partial charge in [-0.05, 0) is 93.0 Å². The van der Waals surface area contributed by atoms with Gasteiger partial charge in [-0.25, -0.2) is 4.98 Å². The fourth-order valence-corrected chi connectivity index (χ4v) is 9.48. The van der Waals surface area contributed by atoms with E-state index in [-0.39, 0.29) is 6.67 Å². The fourth-order valence-electron chi connectivity index (χ4n) is 9.48. The first kappa shape index (κ1) is 32.3. The van der Waals surface area contributed by atoms with Crippen molar-refractivity contribution in [3.63, 3.8) is 0 Å². The van der Waals surface area contributed by atoms with E-state index >= 15 is 0 Å². The predicted molar refractivity (Wildman–Crippen MR) is 250 cm³/mol. The minimum absolute atomic E-state index is 0.205. The zero-order chi connectivity index (χ0) is 42.5. The van der Waals surface area contributed by atoms with Gasteiger partial charge in [-0.1, -0.05) is 170 Å². The van der Waals surface area contributed by atoms with Crippen molar-refractivity contribution in [2.45, 2.75) is 5.41 Å². The van der Waals surface area contributed by atoms with Gasteiger partial charge in [0.1, 0.15) is 5.82 Å². The third-order valence-corrected chi connectivity index (χ3v) is 12.2. The predicted octanol–water partition coefficient (Wildman–Crippen LogP) is 13.4. The van der Waals surface area contributed by atoms with E-state index in [9.17, 15) is 0 Å². The number of hydrogen-bond donors (Lipinski definition) is 0. The molecule has 286 valence electrons. The van der Waals surface area contributed by atoms with Gasteiger partial charge in [-0.2, -0.15) is 0 Å². The molecule has 0 N–H and O–H groups in total. The van der Waals surface area contributed by atoms with Crippen molar-refractivity contribution in [2.75, 3.05) is 23.4 Å². The van der Waals surface area contributed by atoms with Crippen LogP contribution in [0.5, 0.6) is 0 Å². The Hall–Kier alpha value is -7.69. The van der Waals surface area contributed by atoms with E-state index in [1.807, 2.05) is 30.5 Å². The van der Waals surface area contributed by atoms with Crippen LogP contribution in [0, 0.1) is 0 Å². The summed E-state index contributed by atoms with van der Waals surface area (Å²) >= 11 is 0. The first-order chi connectivity index (χ1) is 30.9. The van der Waals surface area contributed by atoms with Gasteiger partial charge in [0.05, 0.1) is 34.5 Å². The van der Waals surface area contributed by atoms with Crippen molar-refractivity contribution < 1.29 is 4.11 Å². The molecule has 0 saturated carbocycles. The highest BCUT2D eigenvalue weighted by Gasteiger charge is 2.39. The Morgan fingerprint density at radius 1 is 0.467 bits per heavy atom. The van der Waals surface area contributed by atoms with Crippen LogP contribution in [0.25, 0.3) is 49.9 Å². The molecule has 60 heavy (non-hydrogen) atoms. The molecule has 8 aromatic carbocycles. The van der Waals surface area contributed by atoms with Crippen molar-refractivity contribution in [2.24, 2.45) is 0 Å². The maximum Gasteiger partial charge on any atom is 0.138 e. The molecule has 0 fully saturated rings. The molecule has 2 aromatic heterocycles. The van der Waals surface area contributed by atoms with E-state index in [0.717, 1.165) is 72.4 Å². The van der Waals surface area contributed by atoms with Gasteiger partial charge in [-0.15, -0.1) is 0 Å². The molecule has 0 atom stereocenters. The van der Waals surface area contributed by atoms with Crippen molar-refractivity contribution in [3.05, 3.63) is 247 Å². The second-order valence-electron chi connectivity index (χ2n) is 15.4. The normalized spacial score (nSPS) is 13.6. The highest BCUT2D eigenvalue weighted by atomic mass is 15.4. The topological polar surface area (TPSA) is 24.3 Å². The van der Waals surface area contributed by atoms with Crippen LogP contribution >= 0.6 is 0 Å². The summed E-state index contributed by atoms with van der Waals surface area (Å²) in [5, 5.41) is 2.28. The largest absolute Gasteiger partial charge is 0.355 e. The van der Waals surface area contributed by atoms with E-state index in [2.05, 4.69) is 204 Å². The Labute approximate surface area is 355 Å². The van der Waals surface area contributed by atoms with Crippen LogP contribution in [0.1, 0.15) is 26.4 Å². The molecule has 1 aliphatic heterocycles. The number of pyridine rings is 1. The lowest BCUT2D eigenvalue weighted by atomic mass is 9.65. The Bertz CT molecular complexity index is 3230. The summed E-state index contributed by atoms with van der Waals surface area (Å²) in [6.07, 6.45) is 1.92. The van der Waals surface area contributed by atoms with Gasteiger partial charge in [-0.3, -0.25) is 4.57 Å². The lowest BCUT2D eigenvalue weighted by molar-refractivity contribution is 0.745. The molecule has 3 heterocycles. The molecule has 0 unspecified atom stereocenters. The number of fused-ring (bicyclic) bond motifs is 4. The van der Waals surface area contributed by atoms with Crippen LogP contribution in [-0.2, 0) is 5.41 Å². The minimum atomic E-state index is -2.30. The van der Waals surface area contributed by atoms with Crippen LogP contribution in [0.15, 0.2) is 225 Å². The third-order valence-electron chi connectivity index (χ3n) is 12.2. The summed E-state index contributed by atoms with van der Waals surface area (Å²) in [6.45, 7) is -2.09. The van der Waals surface area contributed by atoms with Crippen LogP contribution in [0.2, 0.25) is 0 Å². The Morgan fingerprint density at radius 3 is 1.82 bits per heavy atom. The molecule has 4 nitrogen and oxygen atoms in total. The monoisotopic (exact) mass is 773 g/mol. The summed E-state index contributed by atoms with van der Waals surface area (Å²) in [4.78, 5) is 8.71. The van der Waals surface area contributed by atoms with Gasteiger partial charge in [0.2, 0.25) is 0 Å². The van der Waals surface area contributed by atoms with Gasteiger partial charge in [0.15, 0.2) is 0 Å². The zero-order valence-corrected chi connectivity index (χ0v) is 32.9. The Morgan fingerprint density at radius 2 is 1.07 bits per heavy atom. The molecule has 0 bridgehead atoms. The SMILES string of the molecule is [2H]C([2H])([2H])N1CN(c2cccc(C(c3ccccc3)(c3ccccc3)c3ccc4c5ccccc5n(-c5cc(-c6ccccc6-c6ccccc6)ccn5)c4c3)c2)c2ccccc21. The summed E-state index contributed by atoms with van der Waals surface area (Å²) in [7, 11) is 0. The Kier molecular flexibility index (Phi) is 7.86. The number of para-hydroxylation sites is 3. The smallest absolute Gasteiger partial charge is 0.138 e. The second kappa shape index (κ2) is 14.6. The van der Waals surface area contributed by atoms with Crippen molar-refractivity contribution in [3.8, 4) is 28.1 Å². The number of hydrogen-bond acceptors (Lipinski definition) is 3. The van der Waals surface area contributed by atoms with Crippen LogP contribution in [-0.4, -0.2) is 23.2 Å². The van der Waals surface area contributed by atoms with E-state index in [1.165, 1.54) is 16.0 Å². The van der Waals surface area contributed by atoms with Crippen LogP contribution in [0.3, 0.4) is 0 Å². The quantitative estimate of drug-likeness (QED) is 0.144. The molecule has 11 rings (SSSR count). The van der Waals surface area contributed by atoms with Gasteiger partial charge in [0.25, 0.3) is 0 Å². The first-order valence-corrected chi connectivity index (χ1v) is 20.4. The highest BCUT2D eigenvalue weighted by Crippen LogP contribution is 2.49. The average molecular weight is 774 g/mol. The fraction of sp³-hybridized carbons (Fsp3) is 0.0536. The summed E-state index contributed by atoms with van der Waals surface area (Å²) in [5.74, 6) is 0.831. The molecular formula is C56H42N4. The second-order valence-corrected chi connectivity index (χ2v) is 15.4. The number of rotatable bonds is 8. The maximum absolute atomic E-state index is 8.40. The molecular weight excluding hydrogens is 729 g/mol. The minimum Gasteiger partial charge on any atom is -0.355 e. The van der Waals surface area contributed by atoms with Crippen LogP contribution in [0.4, 0.5) is 17.1 Å². The molecule has 0 saturated heterocycles. The van der Waals surface area contributed by atoms with E-state index in [1.54, 1.807) is 0 Å². The molecule has 4 heteroatoms. The summed E-state index contributed by atoms with van der Waals surface area (Å²) < 4.78 is 27.5. The van der Waals surface area contributed by atoms with Gasteiger partial charge >= 0.3 is 0 Å². The zero-order valence-electron chi connectivity index (χ0n) is 35.9. The first-order valence-electron chi connectivity index (χ1n) is 21.9. The third kappa shape index (κ3) is 5.71. The highest BCUT2D eigenvalue weighted by molar-refractivity contribution is 6.09. The molecule has 0 aliphatic carbocycles. The molecule has 0 radical (unpaired) electrons. The van der Waals surface area contributed by atoms with Gasteiger partial charge in [0, 0.05) is 33.7 Å². The standard InChI is InChI=1S/C56H42N4/c1-58-39-59(53-31-16-15-30-52(53)58)46-25-17-24-44(37-46)56(42-20-7-3-8-21-42,43-22-9-4-10-23-43)45-32-33-50-49-28-13-14-29-51(49)60(54(50)38-45)55-36-41(34-35-57-55)48-27-12-11-26-47(48)40-18-5-2-6-19-40/h2-38H,39H2,1H3/i1D3. The lowest BCUT2D eigenvalue weighted by Gasteiger charge is -2.37. The summed E-state index contributed by atoms with van der Waals surface area (Å²) in [5.41, 5.74) is 12.7. The Balaban J connectivity index is 1.15. The molecule has 0 spiro atoms. The number of aromatic nitrogens is 2. The summed E-state index contributed by atoms with van der Waals surface area (Å²) in [6, 6.07) is 76.8. The average Bonchev–Trinajstić information content (AvgIpc) is 3.90. The van der Waals surface area contributed by atoms with E-state index in [0.29, 0.717) is 5.69 Å². The van der Waals surface area contributed by atoms with E-state index < -0.39 is 12.4 Å². The van der Waals surface area contributed by atoms with Gasteiger partial charge < -0.3 is 9.80 Å². The maximum atomic E-state index is 8.40. The number of benzene rings is 8. The number of anilines is 3. The van der Waals surface area contributed by atoms with E-state index in [4.69, 9.17) is 9.10 Å². The molecule has 1 aliphatic rings. The lowest BCUT2D eigenvalue weighted by Crippen LogP contribution is -2.31. The molecule has 0 amide bonds. The van der Waals surface area contributed by atoms with Crippen molar-refractivity contribution in [1.29, 1.82) is 0 Å². The molecule has 10 aromatic rings. The van der Waals surface area contributed by atoms with Crippen molar-refractivity contribution in [1.82, 2.24) is 9.55 Å². The number of nitrogens with zero attached hydrogens (tertiary/aromatic N) is 4. The van der Waals surface area contributed by atoms with Crippen molar-refractivity contribution >= 4 is 38.9 Å².